The van der Waals surface area contributed by atoms with E-state index >= 15 is 0 Å². The van der Waals surface area contributed by atoms with Crippen LogP contribution >= 0.6 is 23.2 Å². The lowest BCUT2D eigenvalue weighted by atomic mass is 10.1. The van der Waals surface area contributed by atoms with Crippen molar-refractivity contribution in [2.75, 3.05) is 13.2 Å². The second-order valence-corrected chi connectivity index (χ2v) is 7.92. The van der Waals surface area contributed by atoms with Gasteiger partial charge in [0.25, 0.3) is 5.91 Å². The molecule has 2 aromatic rings. The number of amides is 2. The number of carbonyl (C=O) groups is 2. The number of hydrogen-bond acceptors (Lipinski definition) is 3. The van der Waals surface area contributed by atoms with Crippen LogP contribution in [0.3, 0.4) is 0 Å². The highest BCUT2D eigenvalue weighted by Crippen LogP contribution is 2.29. The minimum atomic E-state index is -0.622. The summed E-state index contributed by atoms with van der Waals surface area (Å²) in [5, 5.41) is 6.13. The molecule has 0 saturated carbocycles. The third-order valence-electron chi connectivity index (χ3n) is 4.77. The Labute approximate surface area is 184 Å². The number of fused-ring (bicyclic) bond motifs is 1. The fraction of sp³-hybridized carbons (Fsp3) is 0.273. The fourth-order valence-electron chi connectivity index (χ4n) is 3.26. The van der Waals surface area contributed by atoms with Crippen LogP contribution in [0.5, 0.6) is 5.75 Å². The molecule has 5 nitrogen and oxygen atoms in total. The molecule has 0 heterocycles. The van der Waals surface area contributed by atoms with E-state index in [1.165, 1.54) is 12.1 Å². The highest BCUT2D eigenvalue weighted by atomic mass is 35.5. The minimum absolute atomic E-state index is 0.0208. The van der Waals surface area contributed by atoms with Crippen molar-refractivity contribution < 1.29 is 18.7 Å². The molecule has 158 valence electrons. The van der Waals surface area contributed by atoms with Gasteiger partial charge < -0.3 is 15.4 Å². The summed E-state index contributed by atoms with van der Waals surface area (Å²) in [6.45, 7) is 3.84. The number of halogens is 3. The first-order valence-electron chi connectivity index (χ1n) is 9.42. The lowest BCUT2D eigenvalue weighted by molar-refractivity contribution is -0.124. The predicted molar refractivity (Wildman–Crippen MR) is 114 cm³/mol. The highest BCUT2D eigenvalue weighted by molar-refractivity contribution is 6.31. The van der Waals surface area contributed by atoms with Crippen molar-refractivity contribution in [3.63, 3.8) is 0 Å². The molecule has 1 aliphatic carbocycles. The van der Waals surface area contributed by atoms with E-state index in [-0.39, 0.29) is 29.2 Å². The summed E-state index contributed by atoms with van der Waals surface area (Å²) in [7, 11) is 0. The molecule has 3 rings (SSSR count). The van der Waals surface area contributed by atoms with Crippen LogP contribution in [-0.2, 0) is 22.4 Å². The number of nitrogens with one attached hydrogen (secondary N) is 2. The van der Waals surface area contributed by atoms with Crippen LogP contribution in [0, 0.1) is 11.7 Å². The van der Waals surface area contributed by atoms with Gasteiger partial charge in [0.15, 0.2) is 6.61 Å². The molecule has 30 heavy (non-hydrogen) atoms. The maximum atomic E-state index is 13.4. The lowest BCUT2D eigenvalue weighted by Crippen LogP contribution is -2.34. The predicted octanol–water partition coefficient (Wildman–Crippen LogP) is 4.06. The lowest BCUT2D eigenvalue weighted by Gasteiger charge is -2.12. The third-order valence-corrected chi connectivity index (χ3v) is 5.32. The summed E-state index contributed by atoms with van der Waals surface area (Å²) in [6, 6.07) is 9.63. The van der Waals surface area contributed by atoms with Crippen LogP contribution in [0.4, 0.5) is 4.39 Å². The largest absolute Gasteiger partial charge is 0.484 e. The Bertz CT molecular complexity index is 981. The second kappa shape index (κ2) is 9.96. The van der Waals surface area contributed by atoms with Gasteiger partial charge in [-0.25, -0.2) is 4.39 Å². The Morgan fingerprint density at radius 2 is 1.90 bits per heavy atom. The molecule has 0 spiro atoms. The van der Waals surface area contributed by atoms with Gasteiger partial charge in [0.1, 0.15) is 11.6 Å². The van der Waals surface area contributed by atoms with Crippen molar-refractivity contribution in [1.29, 1.82) is 0 Å². The summed E-state index contributed by atoms with van der Waals surface area (Å²) in [4.78, 5) is 24.3. The van der Waals surface area contributed by atoms with E-state index < -0.39 is 11.7 Å². The number of rotatable bonds is 8. The van der Waals surface area contributed by atoms with Crippen LogP contribution in [0.15, 0.2) is 48.7 Å². The summed E-state index contributed by atoms with van der Waals surface area (Å²) in [6.07, 6.45) is 1.75. The van der Waals surface area contributed by atoms with Crippen LogP contribution in [0.25, 0.3) is 0 Å². The molecule has 2 N–H and O–H groups in total. The zero-order valence-electron chi connectivity index (χ0n) is 16.1. The highest BCUT2D eigenvalue weighted by Gasteiger charge is 2.27. The Hall–Kier alpha value is -2.57. The first kappa shape index (κ1) is 22.1. The molecule has 0 fully saturated rings. The van der Waals surface area contributed by atoms with E-state index in [2.05, 4.69) is 17.2 Å². The molecular weight excluding hydrogens is 430 g/mol. The molecule has 1 atom stereocenters. The van der Waals surface area contributed by atoms with Crippen molar-refractivity contribution in [2.24, 2.45) is 5.92 Å². The average Bonchev–Trinajstić information content (AvgIpc) is 3.12. The monoisotopic (exact) mass is 450 g/mol. The van der Waals surface area contributed by atoms with Crippen molar-refractivity contribution in [1.82, 2.24) is 10.6 Å². The zero-order valence-corrected chi connectivity index (χ0v) is 17.7. The Balaban J connectivity index is 1.35. The number of ether oxygens (including phenoxy) is 1. The average molecular weight is 451 g/mol. The molecule has 1 unspecified atom stereocenters. The zero-order chi connectivity index (χ0) is 21.7. The van der Waals surface area contributed by atoms with E-state index in [1.54, 1.807) is 0 Å². The van der Waals surface area contributed by atoms with Crippen LogP contribution < -0.4 is 15.4 Å². The van der Waals surface area contributed by atoms with Crippen molar-refractivity contribution in [2.45, 2.75) is 19.3 Å². The summed E-state index contributed by atoms with van der Waals surface area (Å²) < 4.78 is 18.6. The first-order chi connectivity index (χ1) is 14.3. The number of hydrogen-bond donors (Lipinski definition) is 2. The second-order valence-electron chi connectivity index (χ2n) is 7.08. The van der Waals surface area contributed by atoms with E-state index in [0.29, 0.717) is 36.5 Å². The van der Waals surface area contributed by atoms with E-state index in [4.69, 9.17) is 27.9 Å². The number of carbonyl (C=O) groups excluding carboxylic acids is 2. The van der Waals surface area contributed by atoms with Gasteiger partial charge in [-0.2, -0.15) is 0 Å². The van der Waals surface area contributed by atoms with Gasteiger partial charge in [0.05, 0.1) is 5.02 Å². The van der Waals surface area contributed by atoms with Gasteiger partial charge in [-0.05, 0) is 48.2 Å². The van der Waals surface area contributed by atoms with Crippen molar-refractivity contribution in [3.05, 3.63) is 75.7 Å². The summed E-state index contributed by atoms with van der Waals surface area (Å²) >= 11 is 11.6. The minimum Gasteiger partial charge on any atom is -0.484 e. The summed E-state index contributed by atoms with van der Waals surface area (Å²) in [5.41, 5.74) is 2.71. The molecule has 2 amide bonds. The van der Waals surface area contributed by atoms with Gasteiger partial charge in [-0.3, -0.25) is 9.59 Å². The van der Waals surface area contributed by atoms with Gasteiger partial charge >= 0.3 is 0 Å². The Morgan fingerprint density at radius 1 is 1.13 bits per heavy atom. The quantitative estimate of drug-likeness (QED) is 0.636. The van der Waals surface area contributed by atoms with E-state index in [9.17, 15) is 14.0 Å². The summed E-state index contributed by atoms with van der Waals surface area (Å²) in [5.74, 6) is -0.999. The molecule has 0 bridgehead atoms. The number of benzene rings is 2. The van der Waals surface area contributed by atoms with Gasteiger partial charge in [-0.15, -0.1) is 0 Å². The normalized spacial score (nSPS) is 14.7. The molecule has 0 saturated heterocycles. The Kier molecular flexibility index (Phi) is 7.34. The van der Waals surface area contributed by atoms with E-state index in [0.717, 1.165) is 17.2 Å². The molecule has 2 aromatic carbocycles. The standard InChI is InChI=1S/C22H21Cl2FN2O3/c1-13(27-21(28)12-30-18-4-5-19(24)20(25)11-18)6-7-26-22(29)16-8-14-2-3-17(23)10-15(14)9-16/h2-5,10-11,16H,1,6-9,12H2,(H,26,29)(H,27,28). The topological polar surface area (TPSA) is 67.4 Å². The van der Waals surface area contributed by atoms with Gasteiger partial charge in [0, 0.05) is 35.7 Å². The Morgan fingerprint density at radius 3 is 2.67 bits per heavy atom. The third kappa shape index (κ3) is 5.97. The molecule has 0 aromatic heterocycles. The van der Waals surface area contributed by atoms with E-state index in [1.807, 2.05) is 18.2 Å². The van der Waals surface area contributed by atoms with Crippen LogP contribution in [-0.4, -0.2) is 25.0 Å². The molecule has 0 aliphatic heterocycles. The molecule has 0 radical (unpaired) electrons. The molecule has 8 heteroatoms. The van der Waals surface area contributed by atoms with Gasteiger partial charge in [-0.1, -0.05) is 35.8 Å². The van der Waals surface area contributed by atoms with Crippen LogP contribution in [0.2, 0.25) is 10.0 Å². The smallest absolute Gasteiger partial charge is 0.262 e. The molecule has 1 aliphatic rings. The van der Waals surface area contributed by atoms with Gasteiger partial charge in [0.2, 0.25) is 5.91 Å². The first-order valence-corrected chi connectivity index (χ1v) is 10.2. The molecular formula is C22H21Cl2FN2O3. The van der Waals surface area contributed by atoms with Crippen molar-refractivity contribution >= 4 is 35.0 Å². The fourth-order valence-corrected chi connectivity index (χ4v) is 3.58. The maximum absolute atomic E-state index is 13.4. The maximum Gasteiger partial charge on any atom is 0.262 e. The SMILES string of the molecule is C=C(CCNC(=O)C1Cc2ccc(Cl)cc2C1)NC(=O)COc1ccc(Cl)c(F)c1. The van der Waals surface area contributed by atoms with Crippen LogP contribution in [0.1, 0.15) is 17.5 Å². The van der Waals surface area contributed by atoms with Crippen molar-refractivity contribution in [3.8, 4) is 5.75 Å².